The highest BCUT2D eigenvalue weighted by molar-refractivity contribution is 8.14. The molecule has 0 bridgehead atoms. The molecule has 0 radical (unpaired) electrons. The van der Waals surface area contributed by atoms with Gasteiger partial charge in [0.15, 0.2) is 17.0 Å². The van der Waals surface area contributed by atoms with Crippen LogP contribution in [0.3, 0.4) is 0 Å². The van der Waals surface area contributed by atoms with Crippen LogP contribution in [0.2, 0.25) is 0 Å². The van der Waals surface area contributed by atoms with Crippen LogP contribution in [0, 0.1) is 0 Å². The van der Waals surface area contributed by atoms with Gasteiger partial charge in [-0.2, -0.15) is 0 Å². The van der Waals surface area contributed by atoms with Crippen molar-refractivity contribution in [3.8, 4) is 17.2 Å². The molecule has 0 spiro atoms. The largest absolute Gasteiger partial charge is 0.507 e. The average Bonchev–Trinajstić information content (AvgIpc) is 2.68. The van der Waals surface area contributed by atoms with Crippen LogP contribution in [0.5, 0.6) is 17.2 Å². The van der Waals surface area contributed by atoms with Crippen LogP contribution in [-0.2, 0) is 4.79 Å². The van der Waals surface area contributed by atoms with Crippen molar-refractivity contribution in [2.45, 2.75) is 12.5 Å². The molecule has 0 amide bonds. The summed E-state index contributed by atoms with van der Waals surface area (Å²) < 4.78 is 0. The maximum absolute atomic E-state index is 11.0. The lowest BCUT2D eigenvalue weighted by Crippen LogP contribution is -2.33. The van der Waals surface area contributed by atoms with Crippen LogP contribution in [0.25, 0.3) is 0 Å². The van der Waals surface area contributed by atoms with Crippen molar-refractivity contribution >= 4 is 22.8 Å². The number of carboxylic acid groups (broad SMARTS) is 1. The van der Waals surface area contributed by atoms with E-state index in [-0.39, 0.29) is 17.1 Å². The Morgan fingerprint density at radius 3 is 2.44 bits per heavy atom. The first-order chi connectivity index (χ1) is 8.33. The van der Waals surface area contributed by atoms with Gasteiger partial charge in [-0.3, -0.25) is 4.99 Å². The highest BCUT2D eigenvalue weighted by Crippen LogP contribution is 2.38. The Morgan fingerprint density at radius 2 is 1.89 bits per heavy atom. The third-order valence-corrected chi connectivity index (χ3v) is 3.91. The van der Waals surface area contributed by atoms with E-state index in [1.165, 1.54) is 18.7 Å². The van der Waals surface area contributed by atoms with Gasteiger partial charge in [0, 0.05) is 11.8 Å². The van der Waals surface area contributed by atoms with E-state index < -0.39 is 23.0 Å². The zero-order valence-corrected chi connectivity index (χ0v) is 10.2. The normalized spacial score (nSPS) is 22.8. The summed E-state index contributed by atoms with van der Waals surface area (Å²) in [7, 11) is 0. The fraction of sp³-hybridized carbons (Fsp3) is 0.273. The molecule has 0 fully saturated rings. The molecule has 4 N–H and O–H groups in total. The number of phenolic OH excluding ortho intramolecular Hbond substituents is 3. The third-order valence-electron chi connectivity index (χ3n) is 2.62. The number of rotatable bonds is 2. The summed E-state index contributed by atoms with van der Waals surface area (Å²) in [6.45, 7) is 1.48. The fourth-order valence-electron chi connectivity index (χ4n) is 1.48. The molecule has 18 heavy (non-hydrogen) atoms. The van der Waals surface area contributed by atoms with Crippen molar-refractivity contribution in [1.29, 1.82) is 0 Å². The number of phenols is 3. The van der Waals surface area contributed by atoms with Crippen molar-refractivity contribution in [2.75, 3.05) is 5.75 Å². The zero-order valence-electron chi connectivity index (χ0n) is 9.41. The fourth-order valence-corrected chi connectivity index (χ4v) is 2.67. The first-order valence-corrected chi connectivity index (χ1v) is 6.03. The smallest absolute Gasteiger partial charge is 0.332 e. The lowest BCUT2D eigenvalue weighted by molar-refractivity contribution is -0.141. The van der Waals surface area contributed by atoms with Gasteiger partial charge in [0.2, 0.25) is 0 Å². The summed E-state index contributed by atoms with van der Waals surface area (Å²) in [5, 5.41) is 37.6. The standard InChI is InChI=1S/C11H11NO5S/c1-11(10(16)17)4-18-9(12-11)5-2-7(14)8(15)3-6(5)13/h2-3,13-15H,4H2,1H3,(H,16,17)/t11-/m1/s1. The van der Waals surface area contributed by atoms with Crippen LogP contribution in [0.1, 0.15) is 12.5 Å². The van der Waals surface area contributed by atoms with E-state index >= 15 is 0 Å². The number of aliphatic carboxylic acids is 1. The molecule has 2 rings (SSSR count). The minimum absolute atomic E-state index is 0.209. The van der Waals surface area contributed by atoms with Gasteiger partial charge in [0.25, 0.3) is 0 Å². The monoisotopic (exact) mass is 269 g/mol. The third kappa shape index (κ3) is 1.97. The molecule has 0 unspecified atom stereocenters. The number of nitrogens with zero attached hydrogens (tertiary/aromatic N) is 1. The second-order valence-corrected chi connectivity index (χ2v) is 5.11. The quantitative estimate of drug-likeness (QED) is 0.473. The highest BCUT2D eigenvalue weighted by atomic mass is 32.2. The predicted octanol–water partition coefficient (Wildman–Crippen LogP) is 1.14. The van der Waals surface area contributed by atoms with Gasteiger partial charge in [0.05, 0.1) is 5.56 Å². The Kier molecular flexibility index (Phi) is 2.86. The molecule has 1 aliphatic heterocycles. The number of aromatic hydroxyl groups is 3. The van der Waals surface area contributed by atoms with E-state index in [0.29, 0.717) is 5.04 Å². The first-order valence-electron chi connectivity index (χ1n) is 5.05. The molecule has 1 atom stereocenters. The minimum atomic E-state index is -1.24. The average molecular weight is 269 g/mol. The molecule has 1 aromatic rings. The molecule has 1 aliphatic rings. The molecule has 7 heteroatoms. The van der Waals surface area contributed by atoms with Gasteiger partial charge >= 0.3 is 5.97 Å². The lowest BCUT2D eigenvalue weighted by Gasteiger charge is -2.11. The van der Waals surface area contributed by atoms with Crippen molar-refractivity contribution in [3.63, 3.8) is 0 Å². The van der Waals surface area contributed by atoms with Crippen molar-refractivity contribution in [3.05, 3.63) is 17.7 Å². The molecule has 0 saturated heterocycles. The van der Waals surface area contributed by atoms with Crippen molar-refractivity contribution < 1.29 is 25.2 Å². The molecular weight excluding hydrogens is 258 g/mol. The van der Waals surface area contributed by atoms with Gasteiger partial charge in [-0.15, -0.1) is 11.8 Å². The second kappa shape index (κ2) is 4.09. The van der Waals surface area contributed by atoms with E-state index in [9.17, 15) is 20.1 Å². The second-order valence-electron chi connectivity index (χ2n) is 4.14. The van der Waals surface area contributed by atoms with Crippen LogP contribution >= 0.6 is 11.8 Å². The summed E-state index contributed by atoms with van der Waals surface area (Å²) in [4.78, 5) is 15.1. The van der Waals surface area contributed by atoms with E-state index in [1.807, 2.05) is 0 Å². The summed E-state index contributed by atoms with van der Waals surface area (Å²) in [6, 6.07) is 2.15. The molecule has 1 heterocycles. The van der Waals surface area contributed by atoms with Gasteiger partial charge in [0.1, 0.15) is 10.8 Å². The van der Waals surface area contributed by atoms with Crippen LogP contribution in [0.15, 0.2) is 17.1 Å². The number of carboxylic acids is 1. The number of hydrogen-bond donors (Lipinski definition) is 4. The molecule has 0 aliphatic carbocycles. The predicted molar refractivity (Wildman–Crippen MR) is 66.5 cm³/mol. The Balaban J connectivity index is 2.46. The van der Waals surface area contributed by atoms with Gasteiger partial charge in [-0.1, -0.05) is 0 Å². The zero-order chi connectivity index (χ0) is 13.5. The molecule has 0 saturated carbocycles. The summed E-state index contributed by atoms with van der Waals surface area (Å²) in [6.07, 6.45) is 0. The summed E-state index contributed by atoms with van der Waals surface area (Å²) in [5.74, 6) is -1.90. The van der Waals surface area contributed by atoms with E-state index in [2.05, 4.69) is 4.99 Å². The number of carbonyl (C=O) groups is 1. The summed E-state index contributed by atoms with van der Waals surface area (Å²) in [5.41, 5.74) is -1.03. The maximum atomic E-state index is 11.0. The van der Waals surface area contributed by atoms with Crippen LogP contribution < -0.4 is 0 Å². The molecule has 0 aromatic heterocycles. The topological polar surface area (TPSA) is 110 Å². The van der Waals surface area contributed by atoms with E-state index in [1.54, 1.807) is 0 Å². The maximum Gasteiger partial charge on any atom is 0.332 e. The number of hydrogen-bond acceptors (Lipinski definition) is 6. The van der Waals surface area contributed by atoms with Crippen molar-refractivity contribution in [2.24, 2.45) is 4.99 Å². The van der Waals surface area contributed by atoms with E-state index in [4.69, 9.17) is 5.11 Å². The van der Waals surface area contributed by atoms with E-state index in [0.717, 1.165) is 12.1 Å². The van der Waals surface area contributed by atoms with Gasteiger partial charge < -0.3 is 20.4 Å². The lowest BCUT2D eigenvalue weighted by atomic mass is 10.1. The molecule has 96 valence electrons. The number of thioether (sulfide) groups is 1. The Morgan fingerprint density at radius 1 is 1.28 bits per heavy atom. The Labute approximate surface area is 107 Å². The summed E-state index contributed by atoms with van der Waals surface area (Å²) >= 11 is 1.18. The number of aliphatic imine (C=N–C) groups is 1. The van der Waals surface area contributed by atoms with Gasteiger partial charge in [-0.05, 0) is 13.0 Å². The Bertz CT molecular complexity index is 557. The molecule has 1 aromatic carbocycles. The highest BCUT2D eigenvalue weighted by Gasteiger charge is 2.39. The minimum Gasteiger partial charge on any atom is -0.507 e. The Hall–Kier alpha value is -1.89. The number of benzene rings is 1. The van der Waals surface area contributed by atoms with Crippen molar-refractivity contribution in [1.82, 2.24) is 0 Å². The van der Waals surface area contributed by atoms with Gasteiger partial charge in [-0.25, -0.2) is 4.79 Å². The molecule has 6 nitrogen and oxygen atoms in total. The van der Waals surface area contributed by atoms with Crippen LogP contribution in [-0.4, -0.2) is 42.7 Å². The SMILES string of the molecule is C[C@]1(C(=O)O)CSC(c2cc(O)c(O)cc2O)=N1. The first kappa shape index (κ1) is 12.6. The van der Waals surface area contributed by atoms with Crippen LogP contribution in [0.4, 0.5) is 0 Å². The molecular formula is C11H11NO5S.